The molecule has 2 unspecified atom stereocenters. The smallest absolute Gasteiger partial charge is 0.323 e. The van der Waals surface area contributed by atoms with Crippen molar-refractivity contribution in [3.63, 3.8) is 0 Å². The van der Waals surface area contributed by atoms with Crippen molar-refractivity contribution in [2.45, 2.75) is 40.0 Å². The fourth-order valence-electron chi connectivity index (χ4n) is 1.63. The number of amides is 3. The van der Waals surface area contributed by atoms with Crippen molar-refractivity contribution in [3.05, 3.63) is 0 Å². The molecule has 0 radical (unpaired) electrons. The van der Waals surface area contributed by atoms with E-state index in [0.29, 0.717) is 12.5 Å². The minimum atomic E-state index is -0.944. The highest BCUT2D eigenvalue weighted by atomic mass is 16.4. The highest BCUT2D eigenvalue weighted by Gasteiger charge is 2.17. The van der Waals surface area contributed by atoms with E-state index in [1.165, 1.54) is 4.90 Å². The average Bonchev–Trinajstić information content (AvgIpc) is 2.26. The molecule has 2 atom stereocenters. The Hall–Kier alpha value is -1.59. The molecule has 6 nitrogen and oxygen atoms in total. The lowest BCUT2D eigenvalue weighted by atomic mass is 10.0. The Morgan fingerprint density at radius 3 is 2.21 bits per heavy atom. The van der Waals surface area contributed by atoms with Crippen LogP contribution in [-0.2, 0) is 9.59 Å². The first-order chi connectivity index (χ1) is 8.76. The van der Waals surface area contributed by atoms with Gasteiger partial charge in [0.1, 0.15) is 0 Å². The van der Waals surface area contributed by atoms with Gasteiger partial charge in [0.2, 0.25) is 5.91 Å². The number of rotatable bonds is 7. The molecule has 0 rings (SSSR count). The number of nitrogens with one attached hydrogen (secondary N) is 1. The Morgan fingerprint density at radius 2 is 1.74 bits per heavy atom. The Balaban J connectivity index is 4.11. The molecule has 0 heterocycles. The van der Waals surface area contributed by atoms with Gasteiger partial charge in [-0.15, -0.1) is 0 Å². The van der Waals surface area contributed by atoms with Crippen LogP contribution in [0, 0.1) is 11.8 Å². The van der Waals surface area contributed by atoms with E-state index in [9.17, 15) is 14.4 Å². The van der Waals surface area contributed by atoms with Crippen molar-refractivity contribution in [1.29, 1.82) is 0 Å². The molecule has 6 heteroatoms. The number of carboxylic acids is 1. The van der Waals surface area contributed by atoms with Gasteiger partial charge in [-0.2, -0.15) is 0 Å². The van der Waals surface area contributed by atoms with E-state index in [1.54, 1.807) is 14.0 Å². The van der Waals surface area contributed by atoms with Crippen LogP contribution in [0.1, 0.15) is 40.0 Å². The zero-order valence-electron chi connectivity index (χ0n) is 12.1. The average molecular weight is 272 g/mol. The van der Waals surface area contributed by atoms with E-state index in [1.807, 2.05) is 13.8 Å². The fourth-order valence-corrected chi connectivity index (χ4v) is 1.63. The zero-order valence-corrected chi connectivity index (χ0v) is 12.1. The minimum Gasteiger partial charge on any atom is -0.481 e. The van der Waals surface area contributed by atoms with Crippen molar-refractivity contribution >= 4 is 17.9 Å². The van der Waals surface area contributed by atoms with E-state index in [-0.39, 0.29) is 18.8 Å². The molecule has 0 spiro atoms. The van der Waals surface area contributed by atoms with Crippen molar-refractivity contribution in [1.82, 2.24) is 10.2 Å². The van der Waals surface area contributed by atoms with Gasteiger partial charge in [0.05, 0.1) is 0 Å². The Labute approximate surface area is 114 Å². The van der Waals surface area contributed by atoms with Gasteiger partial charge >= 0.3 is 12.0 Å². The third-order valence-electron chi connectivity index (χ3n) is 2.93. The van der Waals surface area contributed by atoms with Crippen molar-refractivity contribution in [2.24, 2.45) is 11.8 Å². The number of carboxylic acid groups (broad SMARTS) is 1. The maximum atomic E-state index is 11.7. The maximum absolute atomic E-state index is 11.7. The van der Waals surface area contributed by atoms with Crippen LogP contribution in [0.4, 0.5) is 4.79 Å². The van der Waals surface area contributed by atoms with E-state index in [2.05, 4.69) is 5.32 Å². The summed E-state index contributed by atoms with van der Waals surface area (Å²) < 4.78 is 0. The summed E-state index contributed by atoms with van der Waals surface area (Å²) in [6, 6.07) is -0.437. The zero-order chi connectivity index (χ0) is 15.0. The monoisotopic (exact) mass is 272 g/mol. The Bertz CT molecular complexity index is 331. The van der Waals surface area contributed by atoms with Gasteiger partial charge in [-0.1, -0.05) is 27.2 Å². The quantitative estimate of drug-likeness (QED) is 0.738. The standard InChI is InChI=1S/C13H24N2O4/c1-5-9(2)8-15(4)13(19)14-11(16)6-10(3)7-12(17)18/h9-10H,5-8H2,1-4H3,(H,17,18)(H,14,16,19). The number of hydrogen-bond donors (Lipinski definition) is 2. The number of imide groups is 1. The molecule has 19 heavy (non-hydrogen) atoms. The van der Waals surface area contributed by atoms with Gasteiger partial charge in [0.25, 0.3) is 0 Å². The van der Waals surface area contributed by atoms with Gasteiger partial charge in [0, 0.05) is 26.4 Å². The van der Waals surface area contributed by atoms with E-state index in [0.717, 1.165) is 6.42 Å². The number of nitrogens with zero attached hydrogens (tertiary/aromatic N) is 1. The topological polar surface area (TPSA) is 86.7 Å². The Morgan fingerprint density at radius 1 is 1.16 bits per heavy atom. The van der Waals surface area contributed by atoms with E-state index >= 15 is 0 Å². The van der Waals surface area contributed by atoms with Crippen LogP contribution < -0.4 is 5.32 Å². The summed E-state index contributed by atoms with van der Waals surface area (Å²) in [5.74, 6) is -1.29. The third kappa shape index (κ3) is 8.18. The molecule has 3 amide bonds. The molecule has 0 aliphatic rings. The summed E-state index contributed by atoms with van der Waals surface area (Å²) in [7, 11) is 1.63. The van der Waals surface area contributed by atoms with Gasteiger partial charge in [-0.25, -0.2) is 4.79 Å². The highest BCUT2D eigenvalue weighted by molar-refractivity contribution is 5.94. The normalized spacial score (nSPS) is 13.5. The number of carbonyl (C=O) groups is 3. The van der Waals surface area contributed by atoms with Crippen LogP contribution in [0.15, 0.2) is 0 Å². The molecule has 0 aliphatic heterocycles. The summed E-state index contributed by atoms with van der Waals surface area (Å²) in [5.41, 5.74) is 0. The number of urea groups is 1. The predicted octanol–water partition coefficient (Wildman–Crippen LogP) is 1.70. The van der Waals surface area contributed by atoms with Crippen LogP contribution in [0.25, 0.3) is 0 Å². The van der Waals surface area contributed by atoms with E-state index < -0.39 is 17.9 Å². The van der Waals surface area contributed by atoms with E-state index in [4.69, 9.17) is 5.11 Å². The predicted molar refractivity (Wildman–Crippen MR) is 71.7 cm³/mol. The molecular weight excluding hydrogens is 248 g/mol. The first kappa shape index (κ1) is 17.4. The largest absolute Gasteiger partial charge is 0.481 e. The molecule has 0 aromatic rings. The maximum Gasteiger partial charge on any atom is 0.323 e. The number of carbonyl (C=O) groups excluding carboxylic acids is 2. The lowest BCUT2D eigenvalue weighted by Gasteiger charge is -2.21. The third-order valence-corrected chi connectivity index (χ3v) is 2.93. The first-order valence-corrected chi connectivity index (χ1v) is 6.52. The second-order valence-electron chi connectivity index (χ2n) is 5.15. The summed E-state index contributed by atoms with van der Waals surface area (Å²) in [6.07, 6.45) is 0.917. The SMILES string of the molecule is CCC(C)CN(C)C(=O)NC(=O)CC(C)CC(=O)O. The van der Waals surface area contributed by atoms with Gasteiger partial charge in [-0.3, -0.25) is 14.9 Å². The molecule has 110 valence electrons. The minimum absolute atomic E-state index is 0.0369. The fraction of sp³-hybridized carbons (Fsp3) is 0.769. The summed E-state index contributed by atoms with van der Waals surface area (Å²) in [4.78, 5) is 35.2. The van der Waals surface area contributed by atoms with Gasteiger partial charge in [-0.05, 0) is 11.8 Å². The number of aliphatic carboxylic acids is 1. The van der Waals surface area contributed by atoms with Crippen molar-refractivity contribution in [3.8, 4) is 0 Å². The molecule has 0 bridgehead atoms. The lowest BCUT2D eigenvalue weighted by Crippen LogP contribution is -2.42. The number of hydrogen-bond acceptors (Lipinski definition) is 3. The molecule has 2 N–H and O–H groups in total. The summed E-state index contributed by atoms with van der Waals surface area (Å²) in [6.45, 7) is 6.32. The summed E-state index contributed by atoms with van der Waals surface area (Å²) in [5, 5.41) is 10.9. The lowest BCUT2D eigenvalue weighted by molar-refractivity contribution is -0.138. The molecule has 0 saturated heterocycles. The summed E-state index contributed by atoms with van der Waals surface area (Å²) >= 11 is 0. The first-order valence-electron chi connectivity index (χ1n) is 6.52. The molecule has 0 aliphatic carbocycles. The Kier molecular flexibility index (Phi) is 7.79. The highest BCUT2D eigenvalue weighted by Crippen LogP contribution is 2.07. The van der Waals surface area contributed by atoms with Gasteiger partial charge < -0.3 is 10.0 Å². The second-order valence-corrected chi connectivity index (χ2v) is 5.15. The second kappa shape index (κ2) is 8.50. The van der Waals surface area contributed by atoms with Crippen LogP contribution in [0.3, 0.4) is 0 Å². The molecule has 0 aromatic carbocycles. The van der Waals surface area contributed by atoms with Crippen LogP contribution in [0.2, 0.25) is 0 Å². The molecule has 0 saturated carbocycles. The van der Waals surface area contributed by atoms with Crippen LogP contribution in [-0.4, -0.2) is 41.5 Å². The molecule has 0 fully saturated rings. The van der Waals surface area contributed by atoms with Crippen molar-refractivity contribution < 1.29 is 19.5 Å². The van der Waals surface area contributed by atoms with Crippen LogP contribution >= 0.6 is 0 Å². The molecular formula is C13H24N2O4. The van der Waals surface area contributed by atoms with Gasteiger partial charge in [0.15, 0.2) is 0 Å². The molecule has 0 aromatic heterocycles. The van der Waals surface area contributed by atoms with Crippen LogP contribution in [0.5, 0.6) is 0 Å². The van der Waals surface area contributed by atoms with Crippen molar-refractivity contribution in [2.75, 3.05) is 13.6 Å².